The molecule has 7 heteroatoms. The topological polar surface area (TPSA) is 78.0 Å². The lowest BCUT2D eigenvalue weighted by molar-refractivity contribution is -0.391. The fourth-order valence-corrected chi connectivity index (χ4v) is 1.21. The molecule has 0 saturated carbocycles. The molecule has 0 aliphatic heterocycles. The van der Waals surface area contributed by atoms with Gasteiger partial charge in [0.25, 0.3) is 0 Å². The Kier molecular flexibility index (Phi) is 3.00. The van der Waals surface area contributed by atoms with Crippen LogP contribution in [0.5, 0.6) is 0 Å². The fourth-order valence-electron chi connectivity index (χ4n) is 1.01. The van der Waals surface area contributed by atoms with Gasteiger partial charge in [-0.25, -0.2) is 9.55 Å². The molecule has 1 aromatic rings. The van der Waals surface area contributed by atoms with Crippen LogP contribution in [0.3, 0.4) is 0 Å². The maximum atomic E-state index is 10.9. The third kappa shape index (κ3) is 1.82. The number of aromatic nitrogens is 2. The van der Waals surface area contributed by atoms with E-state index in [0.717, 1.165) is 6.20 Å². The molecule has 0 spiro atoms. The van der Waals surface area contributed by atoms with Crippen LogP contribution in [-0.2, 0) is 11.8 Å². The van der Waals surface area contributed by atoms with Crippen molar-refractivity contribution >= 4 is 26.4 Å². The van der Waals surface area contributed by atoms with Crippen LogP contribution in [0.25, 0.3) is 0 Å². The van der Waals surface area contributed by atoms with E-state index in [2.05, 4.69) is 27.8 Å². The van der Waals surface area contributed by atoms with Crippen LogP contribution in [-0.4, -0.2) is 19.2 Å². The molecular weight excluding hydrogens is 254 g/mol. The molecule has 0 aliphatic carbocycles. The lowest BCUT2D eigenvalue weighted by atomic mass is 10.2. The second-order valence-corrected chi connectivity index (χ2v) is 3.43. The molecule has 1 rings (SSSR count). The molecule has 0 amide bonds. The molecule has 1 heterocycles. The molecule has 0 aliphatic rings. The van der Waals surface area contributed by atoms with Crippen molar-refractivity contribution in [2.24, 2.45) is 7.05 Å². The van der Waals surface area contributed by atoms with Crippen molar-refractivity contribution in [3.05, 3.63) is 29.1 Å². The Balaban J connectivity index is 3.13. The largest absolute Gasteiger partial charge is 0.358 e. The van der Waals surface area contributed by atoms with Crippen molar-refractivity contribution in [1.29, 1.82) is 0 Å². The van der Waals surface area contributed by atoms with E-state index in [-0.39, 0.29) is 16.3 Å². The lowest BCUT2D eigenvalue weighted by Gasteiger charge is -2.02. The molecule has 14 heavy (non-hydrogen) atoms. The zero-order valence-corrected chi connectivity index (χ0v) is 8.89. The third-order valence-corrected chi connectivity index (χ3v) is 2.32. The number of nitrogens with zero attached hydrogens (tertiary/aromatic N) is 3. The van der Waals surface area contributed by atoms with Gasteiger partial charge in [0.1, 0.15) is 12.1 Å². The van der Waals surface area contributed by atoms with Gasteiger partial charge in [-0.2, -0.15) is 0 Å². The van der Waals surface area contributed by atoms with Crippen LogP contribution >= 0.6 is 15.9 Å². The SMILES string of the molecule is [CH2]C(C(=O)Br)c1ncc([N+](=O)[O-])n1C. The summed E-state index contributed by atoms with van der Waals surface area (Å²) in [6.07, 6.45) is 1.10. The van der Waals surface area contributed by atoms with E-state index in [9.17, 15) is 14.9 Å². The molecule has 0 bridgehead atoms. The Hall–Kier alpha value is -1.24. The molecule has 1 atom stereocenters. The van der Waals surface area contributed by atoms with E-state index < -0.39 is 10.8 Å². The van der Waals surface area contributed by atoms with Gasteiger partial charge in [-0.1, -0.05) is 0 Å². The van der Waals surface area contributed by atoms with Gasteiger partial charge < -0.3 is 10.1 Å². The number of carbonyl (C=O) groups excluding carboxylic acids is 1. The Morgan fingerprint density at radius 3 is 2.79 bits per heavy atom. The number of hydrogen-bond donors (Lipinski definition) is 0. The smallest absolute Gasteiger partial charge is 0.342 e. The molecule has 1 radical (unpaired) electrons. The number of rotatable bonds is 3. The average Bonchev–Trinajstić information content (AvgIpc) is 2.45. The summed E-state index contributed by atoms with van der Waals surface area (Å²) >= 11 is 2.73. The van der Waals surface area contributed by atoms with Crippen molar-refractivity contribution in [2.75, 3.05) is 0 Å². The number of halogens is 1. The van der Waals surface area contributed by atoms with Crippen molar-refractivity contribution in [3.63, 3.8) is 0 Å². The molecular formula is C7H7BrN3O3. The van der Waals surface area contributed by atoms with Crippen molar-refractivity contribution in [1.82, 2.24) is 9.55 Å². The minimum absolute atomic E-state index is 0.164. The second kappa shape index (κ2) is 3.87. The van der Waals surface area contributed by atoms with E-state index in [0.29, 0.717) is 0 Å². The Labute approximate surface area is 88.2 Å². The molecule has 0 N–H and O–H groups in total. The second-order valence-electron chi connectivity index (χ2n) is 2.65. The quantitative estimate of drug-likeness (QED) is 0.464. The standard InChI is InChI=1S/C7H7BrN3O3/c1-4(6(8)12)7-9-3-5(10(7)2)11(13)14/h3-4H,1H2,2H3. The number of hydrogen-bond acceptors (Lipinski definition) is 4. The van der Waals surface area contributed by atoms with Gasteiger partial charge >= 0.3 is 5.82 Å². The monoisotopic (exact) mass is 260 g/mol. The molecule has 6 nitrogen and oxygen atoms in total. The first-order chi connectivity index (χ1) is 6.45. The van der Waals surface area contributed by atoms with Gasteiger partial charge in [-0.3, -0.25) is 4.79 Å². The summed E-state index contributed by atoms with van der Waals surface area (Å²) in [5.74, 6) is -0.644. The van der Waals surface area contributed by atoms with Crippen LogP contribution in [0.15, 0.2) is 6.20 Å². The summed E-state index contributed by atoms with van der Waals surface area (Å²) in [7, 11) is 1.47. The van der Waals surface area contributed by atoms with Gasteiger partial charge in [-0.05, 0) is 27.8 Å². The van der Waals surface area contributed by atoms with E-state index >= 15 is 0 Å². The van der Waals surface area contributed by atoms with Gasteiger partial charge in [0.05, 0.1) is 7.05 Å². The molecule has 0 saturated heterocycles. The molecule has 0 fully saturated rings. The maximum Gasteiger partial charge on any atom is 0.342 e. The zero-order valence-electron chi connectivity index (χ0n) is 7.31. The summed E-state index contributed by atoms with van der Waals surface area (Å²) < 4.78 is 0.873. The average molecular weight is 261 g/mol. The van der Waals surface area contributed by atoms with Crippen LogP contribution in [0, 0.1) is 17.0 Å². The molecule has 75 valence electrons. The highest BCUT2D eigenvalue weighted by atomic mass is 79.9. The van der Waals surface area contributed by atoms with Crippen LogP contribution in [0.4, 0.5) is 5.82 Å². The van der Waals surface area contributed by atoms with Gasteiger partial charge in [0.15, 0.2) is 0 Å². The van der Waals surface area contributed by atoms with E-state index in [1.807, 2.05) is 0 Å². The Morgan fingerprint density at radius 1 is 1.86 bits per heavy atom. The first kappa shape index (κ1) is 10.8. The molecule has 0 aromatic carbocycles. The van der Waals surface area contributed by atoms with Gasteiger partial charge in [0.2, 0.25) is 10.5 Å². The highest BCUT2D eigenvalue weighted by molar-refractivity contribution is 9.18. The van der Waals surface area contributed by atoms with E-state index in [1.165, 1.54) is 11.6 Å². The predicted octanol–water partition coefficient (Wildman–Crippen LogP) is 1.17. The normalized spacial score (nSPS) is 12.5. The first-order valence-corrected chi connectivity index (χ1v) is 4.43. The molecule has 1 unspecified atom stereocenters. The van der Waals surface area contributed by atoms with Crippen molar-refractivity contribution in [3.8, 4) is 0 Å². The summed E-state index contributed by atoms with van der Waals surface area (Å²) in [6, 6.07) is 0. The minimum atomic E-state index is -0.742. The van der Waals surface area contributed by atoms with Gasteiger partial charge in [-0.15, -0.1) is 0 Å². The predicted molar refractivity (Wildman–Crippen MR) is 51.9 cm³/mol. The maximum absolute atomic E-state index is 10.9. The van der Waals surface area contributed by atoms with Crippen LogP contribution in [0.1, 0.15) is 11.7 Å². The Bertz CT molecular complexity index is 388. The number of carbonyl (C=O) groups is 1. The van der Waals surface area contributed by atoms with E-state index in [4.69, 9.17) is 0 Å². The summed E-state index contributed by atoms with van der Waals surface area (Å²) in [6.45, 7) is 3.54. The highest BCUT2D eigenvalue weighted by Gasteiger charge is 2.24. The van der Waals surface area contributed by atoms with Crippen LogP contribution in [0.2, 0.25) is 0 Å². The fraction of sp³-hybridized carbons (Fsp3) is 0.286. The first-order valence-electron chi connectivity index (χ1n) is 3.63. The van der Waals surface area contributed by atoms with Crippen LogP contribution < -0.4 is 0 Å². The lowest BCUT2D eigenvalue weighted by Crippen LogP contribution is -2.10. The third-order valence-electron chi connectivity index (χ3n) is 1.77. The minimum Gasteiger partial charge on any atom is -0.358 e. The number of nitro groups is 1. The van der Waals surface area contributed by atoms with Crippen molar-refractivity contribution < 1.29 is 9.72 Å². The van der Waals surface area contributed by atoms with E-state index in [1.54, 1.807) is 0 Å². The zero-order chi connectivity index (χ0) is 10.9. The summed E-state index contributed by atoms with van der Waals surface area (Å²) in [5, 5.41) is 10.5. The Morgan fingerprint density at radius 2 is 2.43 bits per heavy atom. The van der Waals surface area contributed by atoms with Gasteiger partial charge in [0, 0.05) is 0 Å². The summed E-state index contributed by atoms with van der Waals surface area (Å²) in [5.41, 5.74) is 0. The summed E-state index contributed by atoms with van der Waals surface area (Å²) in [4.78, 5) is 24.6. The number of imidazole rings is 1. The highest BCUT2D eigenvalue weighted by Crippen LogP contribution is 2.21. The molecule has 1 aromatic heterocycles. The van der Waals surface area contributed by atoms with Crippen molar-refractivity contribution in [2.45, 2.75) is 5.92 Å².